The maximum Gasteiger partial charge on any atom is 0.490 e. The number of carbonyl (C=O) groups is 2. The van der Waals surface area contributed by atoms with E-state index in [4.69, 9.17) is 19.8 Å². The van der Waals surface area contributed by atoms with Gasteiger partial charge in [-0.1, -0.05) is 60.7 Å². The Morgan fingerprint density at radius 3 is 1.87 bits per heavy atom. The van der Waals surface area contributed by atoms with Gasteiger partial charge in [0, 0.05) is 49.7 Å². The molecule has 14 heteroatoms. The van der Waals surface area contributed by atoms with Gasteiger partial charge < -0.3 is 20.1 Å². The van der Waals surface area contributed by atoms with Gasteiger partial charge in [-0.15, -0.1) is 0 Å². The highest BCUT2D eigenvalue weighted by Gasteiger charge is 2.38. The molecule has 0 amide bonds. The number of aliphatic carboxylic acids is 2. The number of aromatic nitrogens is 2. The van der Waals surface area contributed by atoms with Gasteiger partial charge >= 0.3 is 24.3 Å². The van der Waals surface area contributed by atoms with Gasteiger partial charge in [0.2, 0.25) is 0 Å². The summed E-state index contributed by atoms with van der Waals surface area (Å²) in [4.78, 5) is 30.8. The molecule has 0 bridgehead atoms. The van der Waals surface area contributed by atoms with E-state index in [-0.39, 0.29) is 0 Å². The van der Waals surface area contributed by atoms with Crippen LogP contribution in [0, 0.1) is 0 Å². The molecule has 3 N–H and O–H groups in total. The van der Waals surface area contributed by atoms with Gasteiger partial charge in [0.1, 0.15) is 5.82 Å². The molecule has 0 aliphatic carbocycles. The first-order chi connectivity index (χ1) is 18.2. The molecule has 212 valence electrons. The topological polar surface area (TPSA) is 110 Å². The third-order valence-corrected chi connectivity index (χ3v) is 5.41. The number of nitrogens with one attached hydrogen (secondary N) is 1. The molecular formula is C25H26F6N4O4. The number of imidazole rings is 1. The molecule has 2 heterocycles. The second-order valence-electron chi connectivity index (χ2n) is 8.39. The molecule has 1 fully saturated rings. The van der Waals surface area contributed by atoms with Gasteiger partial charge in [-0.2, -0.15) is 26.3 Å². The summed E-state index contributed by atoms with van der Waals surface area (Å²) in [5, 5.41) is 14.2. The van der Waals surface area contributed by atoms with Gasteiger partial charge in [0.15, 0.2) is 0 Å². The van der Waals surface area contributed by atoms with Crippen LogP contribution in [-0.4, -0.2) is 81.0 Å². The normalized spacial score (nSPS) is 16.3. The third-order valence-electron chi connectivity index (χ3n) is 5.41. The molecule has 1 aliphatic heterocycles. The van der Waals surface area contributed by atoms with Crippen LogP contribution in [0.1, 0.15) is 17.3 Å². The lowest BCUT2D eigenvalue weighted by molar-refractivity contribution is -0.193. The maximum absolute atomic E-state index is 10.6. The number of likely N-dealkylation sites (N-methyl/N-ethyl adjacent to an activating group) is 1. The second-order valence-corrected chi connectivity index (χ2v) is 8.39. The number of halogens is 6. The number of piperazine rings is 1. The van der Waals surface area contributed by atoms with Crippen LogP contribution >= 0.6 is 0 Å². The highest BCUT2D eigenvalue weighted by Crippen LogP contribution is 2.27. The molecule has 0 saturated carbocycles. The molecule has 0 radical (unpaired) electrons. The summed E-state index contributed by atoms with van der Waals surface area (Å²) in [7, 11) is 2.21. The zero-order valence-electron chi connectivity index (χ0n) is 20.6. The Labute approximate surface area is 219 Å². The average molecular weight is 560 g/mol. The van der Waals surface area contributed by atoms with Crippen LogP contribution in [0.5, 0.6) is 0 Å². The molecule has 4 rings (SSSR count). The lowest BCUT2D eigenvalue weighted by Crippen LogP contribution is -2.46. The summed E-state index contributed by atoms with van der Waals surface area (Å²) in [6.45, 7) is 4.12. The summed E-state index contributed by atoms with van der Waals surface area (Å²) in [5.41, 5.74) is 3.69. The number of aromatic amines is 1. The molecule has 0 unspecified atom stereocenters. The van der Waals surface area contributed by atoms with E-state index < -0.39 is 24.3 Å². The number of rotatable bonds is 4. The third kappa shape index (κ3) is 10.4. The molecule has 1 aliphatic rings. The van der Waals surface area contributed by atoms with Gasteiger partial charge in [-0.05, 0) is 12.6 Å². The number of nitrogens with zero attached hydrogens (tertiary/aromatic N) is 3. The minimum absolute atomic E-state index is 0.420. The number of carboxylic acid groups (broad SMARTS) is 2. The summed E-state index contributed by atoms with van der Waals surface area (Å²) < 4.78 is 63.5. The van der Waals surface area contributed by atoms with E-state index >= 15 is 0 Å². The van der Waals surface area contributed by atoms with Crippen molar-refractivity contribution in [1.29, 1.82) is 0 Å². The number of hydrogen-bond donors (Lipinski definition) is 3. The van der Waals surface area contributed by atoms with Crippen molar-refractivity contribution in [2.45, 2.75) is 24.9 Å². The van der Waals surface area contributed by atoms with Crippen molar-refractivity contribution in [2.24, 2.45) is 0 Å². The molecule has 2 aromatic carbocycles. The van der Waals surface area contributed by atoms with E-state index in [0.29, 0.717) is 6.04 Å². The number of H-pyrrole nitrogens is 1. The number of alkyl halides is 6. The molecule has 39 heavy (non-hydrogen) atoms. The van der Waals surface area contributed by atoms with Crippen molar-refractivity contribution in [3.05, 3.63) is 78.1 Å². The zero-order chi connectivity index (χ0) is 29.2. The van der Waals surface area contributed by atoms with Gasteiger partial charge in [0.05, 0.1) is 0 Å². The molecule has 1 saturated heterocycles. The van der Waals surface area contributed by atoms with Crippen LogP contribution in [0.4, 0.5) is 26.3 Å². The molecule has 0 spiro atoms. The smallest absolute Gasteiger partial charge is 0.475 e. The first-order valence-electron chi connectivity index (χ1n) is 11.4. The summed E-state index contributed by atoms with van der Waals surface area (Å²) in [6.07, 6.45) is -8.19. The van der Waals surface area contributed by atoms with Crippen molar-refractivity contribution in [1.82, 2.24) is 19.8 Å². The number of hydrogen-bond acceptors (Lipinski definition) is 5. The molecule has 1 atom stereocenters. The maximum atomic E-state index is 10.6. The van der Waals surface area contributed by atoms with Crippen LogP contribution in [0.15, 0.2) is 66.9 Å². The average Bonchev–Trinajstić information content (AvgIpc) is 3.34. The Balaban J connectivity index is 0.000000317. The van der Waals surface area contributed by atoms with E-state index in [1.165, 1.54) is 11.3 Å². The van der Waals surface area contributed by atoms with Gasteiger partial charge in [0.25, 0.3) is 0 Å². The minimum atomic E-state index is -5.08. The summed E-state index contributed by atoms with van der Waals surface area (Å²) in [6, 6.07) is 21.5. The minimum Gasteiger partial charge on any atom is -0.475 e. The van der Waals surface area contributed by atoms with Gasteiger partial charge in [-0.25, -0.2) is 14.6 Å². The van der Waals surface area contributed by atoms with Crippen LogP contribution < -0.4 is 0 Å². The van der Waals surface area contributed by atoms with Crippen LogP contribution in [0.25, 0.3) is 11.4 Å². The van der Waals surface area contributed by atoms with Crippen molar-refractivity contribution < 1.29 is 46.1 Å². The SMILES string of the molecule is CN1CCN(Cc2cnc(-c3ccccc3)[nH]2)[C@@H](c2ccccc2)C1.O=C(O)C(F)(F)F.O=C(O)C(F)(F)F. The first kappa shape index (κ1) is 31.3. The Bertz CT molecular complexity index is 1160. The van der Waals surface area contributed by atoms with E-state index in [1.54, 1.807) is 0 Å². The summed E-state index contributed by atoms with van der Waals surface area (Å²) >= 11 is 0. The lowest BCUT2D eigenvalue weighted by atomic mass is 10.0. The van der Waals surface area contributed by atoms with Gasteiger partial charge in [-0.3, -0.25) is 4.90 Å². The monoisotopic (exact) mass is 560 g/mol. The van der Waals surface area contributed by atoms with Crippen LogP contribution in [0.3, 0.4) is 0 Å². The van der Waals surface area contributed by atoms with Crippen molar-refractivity contribution in [2.75, 3.05) is 26.7 Å². The summed E-state index contributed by atoms with van der Waals surface area (Å²) in [5.74, 6) is -4.57. The Morgan fingerprint density at radius 1 is 0.897 bits per heavy atom. The number of benzene rings is 2. The molecule has 1 aromatic heterocycles. The molecule has 3 aromatic rings. The zero-order valence-corrected chi connectivity index (χ0v) is 20.6. The molecular weight excluding hydrogens is 534 g/mol. The van der Waals surface area contributed by atoms with Crippen LogP contribution in [-0.2, 0) is 16.1 Å². The van der Waals surface area contributed by atoms with E-state index in [0.717, 1.165) is 37.6 Å². The highest BCUT2D eigenvalue weighted by atomic mass is 19.4. The van der Waals surface area contributed by atoms with E-state index in [9.17, 15) is 26.3 Å². The standard InChI is InChI=1S/C21H24N4.2C2HF3O2/c1-24-12-13-25(20(16-24)17-8-4-2-5-9-17)15-19-14-22-21(23-19)18-10-6-3-7-11-18;2*3-2(4,5)1(6)7/h2-11,14,20H,12-13,15-16H2,1H3,(H,22,23);2*(H,6,7)/t20-;;/m1../s1. The quantitative estimate of drug-likeness (QED) is 0.392. The fraction of sp³-hybridized carbons (Fsp3) is 0.320. The van der Waals surface area contributed by atoms with Crippen molar-refractivity contribution >= 4 is 11.9 Å². The van der Waals surface area contributed by atoms with Crippen LogP contribution in [0.2, 0.25) is 0 Å². The first-order valence-corrected chi connectivity index (χ1v) is 11.4. The fourth-order valence-corrected chi connectivity index (χ4v) is 3.54. The lowest BCUT2D eigenvalue weighted by Gasteiger charge is -2.40. The van der Waals surface area contributed by atoms with Crippen molar-refractivity contribution in [3.8, 4) is 11.4 Å². The predicted octanol–water partition coefficient (Wildman–Crippen LogP) is 4.83. The molecule has 8 nitrogen and oxygen atoms in total. The second kappa shape index (κ2) is 13.8. The Hall–Kier alpha value is -3.91. The highest BCUT2D eigenvalue weighted by molar-refractivity contribution is 5.73. The van der Waals surface area contributed by atoms with E-state index in [1.807, 2.05) is 24.4 Å². The predicted molar refractivity (Wildman–Crippen MR) is 128 cm³/mol. The Kier molecular flexibility index (Phi) is 11.0. The largest absolute Gasteiger partial charge is 0.490 e. The van der Waals surface area contributed by atoms with E-state index in [2.05, 4.69) is 69.3 Å². The van der Waals surface area contributed by atoms with Crippen molar-refractivity contribution in [3.63, 3.8) is 0 Å². The Morgan fingerprint density at radius 2 is 1.38 bits per heavy atom. The fourth-order valence-electron chi connectivity index (χ4n) is 3.54. The number of carboxylic acids is 2.